The molecular formula is C12H18FN3O. The Morgan fingerprint density at radius 3 is 2.94 bits per heavy atom. The molecule has 0 aliphatic rings. The Bertz CT molecular complexity index is 369. The monoisotopic (exact) mass is 239 g/mol. The van der Waals surface area contributed by atoms with Gasteiger partial charge >= 0.3 is 0 Å². The van der Waals surface area contributed by atoms with Gasteiger partial charge in [-0.25, -0.2) is 4.39 Å². The summed E-state index contributed by atoms with van der Waals surface area (Å²) in [5.41, 5.74) is 6.27. The molecule has 0 saturated heterocycles. The fourth-order valence-electron chi connectivity index (χ4n) is 1.49. The molecule has 0 saturated carbocycles. The van der Waals surface area contributed by atoms with Gasteiger partial charge in [-0.2, -0.15) is 0 Å². The molecule has 17 heavy (non-hydrogen) atoms. The van der Waals surface area contributed by atoms with E-state index in [1.54, 1.807) is 6.07 Å². The van der Waals surface area contributed by atoms with Gasteiger partial charge in [-0.3, -0.25) is 0 Å². The first kappa shape index (κ1) is 13.4. The molecule has 0 radical (unpaired) electrons. The fraction of sp³-hybridized carbons (Fsp3) is 0.417. The van der Waals surface area contributed by atoms with Crippen molar-refractivity contribution in [2.45, 2.75) is 25.8 Å². The van der Waals surface area contributed by atoms with Gasteiger partial charge in [0.05, 0.1) is 0 Å². The molecule has 0 spiro atoms. The SMILES string of the molecule is NC(CCCCNCc1cccc(F)c1)=NO. The first-order chi connectivity index (χ1) is 8.22. The number of halogens is 1. The van der Waals surface area contributed by atoms with Gasteiger partial charge in [0.2, 0.25) is 0 Å². The second-order valence-corrected chi connectivity index (χ2v) is 3.86. The Morgan fingerprint density at radius 2 is 2.24 bits per heavy atom. The highest BCUT2D eigenvalue weighted by molar-refractivity contribution is 5.79. The molecule has 0 aliphatic heterocycles. The Labute approximate surface area is 100 Å². The highest BCUT2D eigenvalue weighted by Gasteiger charge is 1.96. The predicted octanol–water partition coefficient (Wildman–Crippen LogP) is 1.83. The van der Waals surface area contributed by atoms with Crippen LogP contribution in [-0.4, -0.2) is 17.6 Å². The largest absolute Gasteiger partial charge is 0.409 e. The Balaban J connectivity index is 2.08. The molecule has 0 aromatic heterocycles. The van der Waals surface area contributed by atoms with Crippen LogP contribution >= 0.6 is 0 Å². The van der Waals surface area contributed by atoms with Gasteiger partial charge in [0.1, 0.15) is 11.7 Å². The highest BCUT2D eigenvalue weighted by atomic mass is 19.1. The number of benzene rings is 1. The Hall–Kier alpha value is -1.62. The van der Waals surface area contributed by atoms with E-state index in [0.717, 1.165) is 24.9 Å². The van der Waals surface area contributed by atoms with Crippen molar-refractivity contribution in [1.29, 1.82) is 0 Å². The normalized spacial score (nSPS) is 11.7. The lowest BCUT2D eigenvalue weighted by Gasteiger charge is -2.04. The third-order valence-corrected chi connectivity index (χ3v) is 2.38. The Kier molecular flexibility index (Phi) is 6.03. The zero-order chi connectivity index (χ0) is 12.5. The maximum absolute atomic E-state index is 12.8. The molecule has 0 heterocycles. The van der Waals surface area contributed by atoms with Crippen LogP contribution in [0.1, 0.15) is 24.8 Å². The smallest absolute Gasteiger partial charge is 0.139 e. The molecule has 1 aromatic rings. The van der Waals surface area contributed by atoms with E-state index in [1.807, 2.05) is 6.07 Å². The van der Waals surface area contributed by atoms with Crippen molar-refractivity contribution in [3.05, 3.63) is 35.6 Å². The van der Waals surface area contributed by atoms with Crippen molar-refractivity contribution in [1.82, 2.24) is 5.32 Å². The van der Waals surface area contributed by atoms with Gasteiger partial charge in [-0.15, -0.1) is 0 Å². The quantitative estimate of drug-likeness (QED) is 0.223. The first-order valence-corrected chi connectivity index (χ1v) is 5.64. The zero-order valence-corrected chi connectivity index (χ0v) is 9.69. The summed E-state index contributed by atoms with van der Waals surface area (Å²) in [7, 11) is 0. The zero-order valence-electron chi connectivity index (χ0n) is 9.69. The lowest BCUT2D eigenvalue weighted by Crippen LogP contribution is -2.16. The number of nitrogens with zero attached hydrogens (tertiary/aromatic N) is 1. The van der Waals surface area contributed by atoms with Gasteiger partial charge in [-0.05, 0) is 37.1 Å². The average Bonchev–Trinajstić information content (AvgIpc) is 2.33. The molecule has 0 aliphatic carbocycles. The van der Waals surface area contributed by atoms with Crippen LogP contribution in [0.3, 0.4) is 0 Å². The van der Waals surface area contributed by atoms with Gasteiger partial charge in [0.15, 0.2) is 0 Å². The van der Waals surface area contributed by atoms with Crippen LogP contribution in [0.25, 0.3) is 0 Å². The summed E-state index contributed by atoms with van der Waals surface area (Å²) in [5.74, 6) is 0.0476. The molecule has 5 heteroatoms. The number of amidine groups is 1. The summed E-state index contributed by atoms with van der Waals surface area (Å²) >= 11 is 0. The van der Waals surface area contributed by atoms with Crippen molar-refractivity contribution < 1.29 is 9.60 Å². The molecule has 94 valence electrons. The van der Waals surface area contributed by atoms with Crippen LogP contribution < -0.4 is 11.1 Å². The van der Waals surface area contributed by atoms with Crippen LogP contribution in [0.4, 0.5) is 4.39 Å². The van der Waals surface area contributed by atoms with Gasteiger partial charge in [0, 0.05) is 13.0 Å². The first-order valence-electron chi connectivity index (χ1n) is 5.64. The van der Waals surface area contributed by atoms with E-state index in [2.05, 4.69) is 10.5 Å². The molecule has 1 rings (SSSR count). The summed E-state index contributed by atoms with van der Waals surface area (Å²) in [4.78, 5) is 0. The topological polar surface area (TPSA) is 70.6 Å². The average molecular weight is 239 g/mol. The summed E-state index contributed by atoms with van der Waals surface area (Å²) in [6.45, 7) is 1.48. The van der Waals surface area contributed by atoms with Crippen molar-refractivity contribution in [3.8, 4) is 0 Å². The third kappa shape index (κ3) is 5.87. The van der Waals surface area contributed by atoms with E-state index in [4.69, 9.17) is 10.9 Å². The van der Waals surface area contributed by atoms with Gasteiger partial charge in [-0.1, -0.05) is 17.3 Å². The molecule has 4 nitrogen and oxygen atoms in total. The molecule has 0 fully saturated rings. The summed E-state index contributed by atoms with van der Waals surface area (Å²) in [5, 5.41) is 14.4. The number of hydrogen-bond donors (Lipinski definition) is 3. The molecule has 4 N–H and O–H groups in total. The number of nitrogens with one attached hydrogen (secondary N) is 1. The minimum atomic E-state index is -0.212. The minimum Gasteiger partial charge on any atom is -0.409 e. The van der Waals surface area contributed by atoms with Crippen LogP contribution in [0, 0.1) is 5.82 Å². The van der Waals surface area contributed by atoms with Gasteiger partial charge < -0.3 is 16.3 Å². The number of oxime groups is 1. The van der Waals surface area contributed by atoms with E-state index in [9.17, 15) is 4.39 Å². The minimum absolute atomic E-state index is 0.212. The molecule has 0 amide bonds. The van der Waals surface area contributed by atoms with Crippen LogP contribution in [0.2, 0.25) is 0 Å². The van der Waals surface area contributed by atoms with E-state index >= 15 is 0 Å². The Morgan fingerprint density at radius 1 is 1.41 bits per heavy atom. The van der Waals surface area contributed by atoms with E-state index < -0.39 is 0 Å². The van der Waals surface area contributed by atoms with Crippen molar-refractivity contribution in [2.24, 2.45) is 10.9 Å². The van der Waals surface area contributed by atoms with E-state index in [-0.39, 0.29) is 11.7 Å². The van der Waals surface area contributed by atoms with Crippen molar-refractivity contribution in [3.63, 3.8) is 0 Å². The number of hydrogen-bond acceptors (Lipinski definition) is 3. The summed E-state index contributed by atoms with van der Waals surface area (Å²) in [6.07, 6.45) is 2.40. The number of rotatable bonds is 7. The maximum atomic E-state index is 12.8. The lowest BCUT2D eigenvalue weighted by atomic mass is 10.2. The van der Waals surface area contributed by atoms with E-state index in [0.29, 0.717) is 13.0 Å². The second kappa shape index (κ2) is 7.62. The van der Waals surface area contributed by atoms with Crippen LogP contribution in [-0.2, 0) is 6.54 Å². The fourth-order valence-corrected chi connectivity index (χ4v) is 1.49. The number of nitrogens with two attached hydrogens (primary N) is 1. The maximum Gasteiger partial charge on any atom is 0.139 e. The lowest BCUT2D eigenvalue weighted by molar-refractivity contribution is 0.316. The predicted molar refractivity (Wildman–Crippen MR) is 65.4 cm³/mol. The second-order valence-electron chi connectivity index (χ2n) is 3.86. The molecule has 0 unspecified atom stereocenters. The molecular weight excluding hydrogens is 221 g/mol. The number of unbranched alkanes of at least 4 members (excludes halogenated alkanes) is 1. The van der Waals surface area contributed by atoms with Crippen LogP contribution in [0.5, 0.6) is 0 Å². The molecule has 1 aromatic carbocycles. The summed E-state index contributed by atoms with van der Waals surface area (Å²) < 4.78 is 12.8. The van der Waals surface area contributed by atoms with Crippen molar-refractivity contribution >= 4 is 5.84 Å². The van der Waals surface area contributed by atoms with Gasteiger partial charge in [0.25, 0.3) is 0 Å². The molecule has 0 bridgehead atoms. The van der Waals surface area contributed by atoms with Crippen LogP contribution in [0.15, 0.2) is 29.4 Å². The van der Waals surface area contributed by atoms with Crippen molar-refractivity contribution in [2.75, 3.05) is 6.54 Å². The standard InChI is InChI=1S/C12H18FN3O/c13-11-5-3-4-10(8-11)9-15-7-2-1-6-12(14)16-17/h3-5,8,15,17H,1-2,6-7,9H2,(H2,14,16). The molecule has 0 atom stereocenters. The summed E-state index contributed by atoms with van der Waals surface area (Å²) in [6, 6.07) is 6.53. The highest BCUT2D eigenvalue weighted by Crippen LogP contribution is 2.03. The third-order valence-electron chi connectivity index (χ3n) is 2.38. The van der Waals surface area contributed by atoms with E-state index in [1.165, 1.54) is 12.1 Å².